The first-order valence-corrected chi connectivity index (χ1v) is 11.5. The first-order chi connectivity index (χ1) is 16.6. The van der Waals surface area contributed by atoms with Crippen LogP contribution in [0.25, 0.3) is 0 Å². The number of aromatic nitrogens is 2. The van der Waals surface area contributed by atoms with Gasteiger partial charge in [0, 0.05) is 25.1 Å². The van der Waals surface area contributed by atoms with Crippen molar-refractivity contribution in [2.45, 2.75) is 51.0 Å². The van der Waals surface area contributed by atoms with Crippen LogP contribution < -0.4 is 15.4 Å². The first-order valence-electron chi connectivity index (χ1n) is 11.5. The molecule has 0 bridgehead atoms. The maximum absolute atomic E-state index is 13.7. The van der Waals surface area contributed by atoms with Crippen LogP contribution in [0.2, 0.25) is 0 Å². The van der Waals surface area contributed by atoms with Crippen molar-refractivity contribution in [3.63, 3.8) is 0 Å². The Morgan fingerprint density at radius 2 is 1.97 bits per heavy atom. The number of carbonyl (C=O) groups excluding carboxylic acids is 2. The van der Waals surface area contributed by atoms with Gasteiger partial charge in [-0.05, 0) is 26.2 Å². The fourth-order valence-corrected chi connectivity index (χ4v) is 4.23. The normalized spacial score (nSPS) is 24.1. The number of hydrogen-bond acceptors (Lipinski definition) is 9. The highest BCUT2D eigenvalue weighted by atomic mass is 19.4. The SMILES string of the molecule is C[C@@H]1COCCN1c1cc(=O)n2c(n1)N(CC(=O)C1CC1)[C@H](C(F)(F)F)CC2.O=C1C=NC=NC1. The topological polar surface area (TPSA) is 109 Å². The average Bonchev–Trinajstić information content (AvgIpc) is 3.65. The molecule has 35 heavy (non-hydrogen) atoms. The average molecular weight is 496 g/mol. The summed E-state index contributed by atoms with van der Waals surface area (Å²) >= 11 is 0. The number of Topliss-reactive ketones (excluding diaryl/α,β-unsaturated/α-hetero) is 2. The molecule has 4 aliphatic rings. The Morgan fingerprint density at radius 3 is 2.54 bits per heavy atom. The van der Waals surface area contributed by atoms with E-state index in [0.29, 0.717) is 25.6 Å². The summed E-state index contributed by atoms with van der Waals surface area (Å²) in [4.78, 5) is 49.5. The van der Waals surface area contributed by atoms with Gasteiger partial charge in [-0.2, -0.15) is 18.2 Å². The summed E-state index contributed by atoms with van der Waals surface area (Å²) < 4.78 is 47.7. The molecule has 2 atom stereocenters. The lowest BCUT2D eigenvalue weighted by molar-refractivity contribution is -0.153. The lowest BCUT2D eigenvalue weighted by Crippen LogP contribution is -2.54. The van der Waals surface area contributed by atoms with Gasteiger partial charge in [0.2, 0.25) is 5.95 Å². The first kappa shape index (κ1) is 25.0. The Morgan fingerprint density at radius 1 is 1.20 bits per heavy atom. The zero-order valence-corrected chi connectivity index (χ0v) is 19.3. The van der Waals surface area contributed by atoms with E-state index in [2.05, 4.69) is 15.0 Å². The van der Waals surface area contributed by atoms with Crippen molar-refractivity contribution in [2.24, 2.45) is 15.9 Å². The molecular formula is C22H27F3N6O4. The van der Waals surface area contributed by atoms with Gasteiger partial charge in [-0.25, -0.2) is 4.99 Å². The van der Waals surface area contributed by atoms with Gasteiger partial charge in [-0.3, -0.25) is 23.9 Å². The number of nitrogens with zero attached hydrogens (tertiary/aromatic N) is 6. The molecule has 10 nitrogen and oxygen atoms in total. The van der Waals surface area contributed by atoms with Gasteiger partial charge in [0.15, 0.2) is 11.6 Å². The summed E-state index contributed by atoms with van der Waals surface area (Å²) in [5, 5.41) is 0. The van der Waals surface area contributed by atoms with E-state index < -0.39 is 17.8 Å². The zero-order valence-electron chi connectivity index (χ0n) is 19.3. The molecule has 0 unspecified atom stereocenters. The highest BCUT2D eigenvalue weighted by Gasteiger charge is 2.48. The summed E-state index contributed by atoms with van der Waals surface area (Å²) in [6.07, 6.45) is -0.698. The van der Waals surface area contributed by atoms with E-state index in [0.717, 1.165) is 17.7 Å². The molecule has 1 saturated heterocycles. The molecule has 0 amide bonds. The van der Waals surface area contributed by atoms with Crippen LogP contribution in [0.5, 0.6) is 0 Å². The number of rotatable bonds is 4. The number of hydrogen-bond donors (Lipinski definition) is 0. The largest absolute Gasteiger partial charge is 0.408 e. The molecule has 2 fully saturated rings. The fraction of sp³-hybridized carbons (Fsp3) is 0.636. The van der Waals surface area contributed by atoms with Crippen LogP contribution in [0.3, 0.4) is 0 Å². The minimum absolute atomic E-state index is 0.0255. The van der Waals surface area contributed by atoms with Gasteiger partial charge in [0.05, 0.1) is 32.0 Å². The van der Waals surface area contributed by atoms with Crippen molar-refractivity contribution < 1.29 is 27.5 Å². The van der Waals surface area contributed by atoms with Crippen LogP contribution in [0.1, 0.15) is 26.2 Å². The summed E-state index contributed by atoms with van der Waals surface area (Å²) in [7, 11) is 0. The maximum Gasteiger partial charge on any atom is 0.408 e. The van der Waals surface area contributed by atoms with Crippen LogP contribution in [-0.2, 0) is 20.9 Å². The summed E-state index contributed by atoms with van der Waals surface area (Å²) in [6.45, 7) is 3.14. The van der Waals surface area contributed by atoms with Crippen molar-refractivity contribution >= 4 is 35.9 Å². The number of aliphatic imine (C=N–C) groups is 2. The van der Waals surface area contributed by atoms with E-state index in [1.54, 1.807) is 0 Å². The van der Waals surface area contributed by atoms with Crippen molar-refractivity contribution in [1.29, 1.82) is 0 Å². The quantitative estimate of drug-likeness (QED) is 0.617. The number of halogens is 3. The van der Waals surface area contributed by atoms with Crippen molar-refractivity contribution in [2.75, 3.05) is 42.6 Å². The number of fused-ring (bicyclic) bond motifs is 1. The minimum Gasteiger partial charge on any atom is -0.377 e. The summed E-state index contributed by atoms with van der Waals surface area (Å²) in [5.41, 5.74) is -0.400. The summed E-state index contributed by atoms with van der Waals surface area (Å²) in [6, 6.07) is -0.508. The second kappa shape index (κ2) is 10.3. The fourth-order valence-electron chi connectivity index (χ4n) is 4.23. The molecular weight excluding hydrogens is 469 g/mol. The summed E-state index contributed by atoms with van der Waals surface area (Å²) in [5.74, 6) is -0.148. The van der Waals surface area contributed by atoms with Crippen LogP contribution >= 0.6 is 0 Å². The molecule has 0 spiro atoms. The maximum atomic E-state index is 13.7. The number of morpholine rings is 1. The molecule has 0 aromatic carbocycles. The highest BCUT2D eigenvalue weighted by Crippen LogP contribution is 2.36. The third-order valence-corrected chi connectivity index (χ3v) is 6.25. The van der Waals surface area contributed by atoms with Crippen LogP contribution in [0.4, 0.5) is 24.9 Å². The lowest BCUT2D eigenvalue weighted by Gasteiger charge is -2.40. The Balaban J connectivity index is 0.000000356. The Bertz CT molecular complexity index is 1080. The molecule has 190 valence electrons. The van der Waals surface area contributed by atoms with Gasteiger partial charge in [-0.15, -0.1) is 0 Å². The van der Waals surface area contributed by atoms with Crippen LogP contribution in [-0.4, -0.2) is 84.8 Å². The Kier molecular flexibility index (Phi) is 7.33. The smallest absolute Gasteiger partial charge is 0.377 e. The van der Waals surface area contributed by atoms with E-state index in [4.69, 9.17) is 4.74 Å². The van der Waals surface area contributed by atoms with Gasteiger partial charge in [-0.1, -0.05) is 0 Å². The van der Waals surface area contributed by atoms with Gasteiger partial charge >= 0.3 is 6.18 Å². The van der Waals surface area contributed by atoms with E-state index in [1.165, 1.54) is 23.2 Å². The molecule has 1 saturated carbocycles. The van der Waals surface area contributed by atoms with E-state index in [1.807, 2.05) is 11.8 Å². The van der Waals surface area contributed by atoms with Gasteiger partial charge < -0.3 is 14.5 Å². The molecule has 5 rings (SSSR count). The van der Waals surface area contributed by atoms with Crippen molar-refractivity contribution in [1.82, 2.24) is 9.55 Å². The van der Waals surface area contributed by atoms with Crippen molar-refractivity contribution in [3.05, 3.63) is 16.4 Å². The predicted octanol–water partition coefficient (Wildman–Crippen LogP) is 1.26. The number of alkyl halides is 3. The second-order valence-electron chi connectivity index (χ2n) is 8.94. The van der Waals surface area contributed by atoms with Crippen molar-refractivity contribution in [3.8, 4) is 0 Å². The Labute approximate surface area is 199 Å². The molecule has 0 radical (unpaired) electrons. The standard InChI is InChI=1S/C18H23F3N4O3.C4H4N2O/c1-11-10-28-7-6-23(11)15-8-16(27)24-5-4-14(18(19,20)21)25(17(24)22-15)9-13(26)12-2-3-12;7-4-1-5-3-6-2-4/h8,11-12,14H,2-7,9-10H2,1H3;1,3H,2H2/t11-,14+;/m1./s1. The molecule has 3 aliphatic heterocycles. The van der Waals surface area contributed by atoms with Gasteiger partial charge in [0.25, 0.3) is 5.56 Å². The van der Waals surface area contributed by atoms with Crippen LogP contribution in [0.15, 0.2) is 20.8 Å². The molecule has 1 aromatic heterocycles. The minimum atomic E-state index is -4.50. The second-order valence-corrected chi connectivity index (χ2v) is 8.94. The van der Waals surface area contributed by atoms with Crippen LogP contribution in [0, 0.1) is 5.92 Å². The predicted molar refractivity (Wildman–Crippen MR) is 123 cm³/mol. The molecule has 13 heteroatoms. The Hall–Kier alpha value is -3.09. The number of ether oxygens (including phenoxy) is 1. The third-order valence-electron chi connectivity index (χ3n) is 6.25. The number of carbonyl (C=O) groups is 2. The molecule has 1 aliphatic carbocycles. The van der Waals surface area contributed by atoms with E-state index >= 15 is 0 Å². The molecule has 4 heterocycles. The monoisotopic (exact) mass is 496 g/mol. The van der Waals surface area contributed by atoms with E-state index in [9.17, 15) is 27.6 Å². The zero-order chi connectivity index (χ0) is 25.2. The third kappa shape index (κ3) is 5.95. The number of anilines is 2. The van der Waals surface area contributed by atoms with Gasteiger partial charge in [0.1, 0.15) is 24.7 Å². The van der Waals surface area contributed by atoms with E-state index in [-0.39, 0.29) is 55.5 Å². The molecule has 0 N–H and O–H groups in total. The number of ketones is 2. The molecule has 1 aromatic rings. The highest BCUT2D eigenvalue weighted by molar-refractivity contribution is 6.30. The lowest BCUT2D eigenvalue weighted by atomic mass is 10.1.